The number of nitrogens with zero attached hydrogens (tertiary/aromatic N) is 3. The van der Waals surface area contributed by atoms with Crippen LogP contribution in [0.4, 0.5) is 14.9 Å². The van der Waals surface area contributed by atoms with Gasteiger partial charge < -0.3 is 34.6 Å². The van der Waals surface area contributed by atoms with Crippen LogP contribution in [0.1, 0.15) is 56.9 Å². The fraction of sp³-hybridized carbons (Fsp3) is 0.658. The van der Waals surface area contributed by atoms with E-state index >= 15 is 0 Å². The highest BCUT2D eigenvalue weighted by atomic mass is 32.2. The lowest BCUT2D eigenvalue weighted by Gasteiger charge is -2.55. The number of benzene rings is 2. The van der Waals surface area contributed by atoms with Crippen molar-refractivity contribution in [1.82, 2.24) is 15.1 Å². The minimum atomic E-state index is -3.44. The van der Waals surface area contributed by atoms with Crippen molar-refractivity contribution in [2.45, 2.75) is 78.6 Å². The molecule has 7 rings (SSSR count). The van der Waals surface area contributed by atoms with Gasteiger partial charge in [-0.25, -0.2) is 17.6 Å². The van der Waals surface area contributed by atoms with Gasteiger partial charge in [-0.15, -0.1) is 0 Å². The number of likely N-dealkylation sites (tertiary alicyclic amines) is 2. The molecule has 1 unspecified atom stereocenters. The van der Waals surface area contributed by atoms with Crippen LogP contribution in [0.25, 0.3) is 0 Å². The molecule has 1 amide bonds. The first-order valence-corrected chi connectivity index (χ1v) is 20.1. The number of carbonyl (C=O) groups excluding carboxylic acids is 1. The molecule has 4 saturated heterocycles. The number of carbonyl (C=O) groups is 1. The van der Waals surface area contributed by atoms with Gasteiger partial charge in [-0.05, 0) is 125 Å². The van der Waals surface area contributed by atoms with Gasteiger partial charge in [0.25, 0.3) is 0 Å². The quantitative estimate of drug-likeness (QED) is 0.354. The van der Waals surface area contributed by atoms with E-state index in [-0.39, 0.29) is 35.7 Å². The van der Waals surface area contributed by atoms with Gasteiger partial charge >= 0.3 is 6.09 Å². The molecule has 4 heterocycles. The fourth-order valence-corrected chi connectivity index (χ4v) is 11.4. The van der Waals surface area contributed by atoms with E-state index in [1.807, 2.05) is 18.2 Å². The highest BCUT2D eigenvalue weighted by Crippen LogP contribution is 2.51. The van der Waals surface area contributed by atoms with Crippen molar-refractivity contribution in [3.8, 4) is 0 Å². The summed E-state index contributed by atoms with van der Waals surface area (Å²) < 4.78 is 51.6. The van der Waals surface area contributed by atoms with E-state index in [1.165, 1.54) is 19.6 Å². The lowest BCUT2D eigenvalue weighted by molar-refractivity contribution is -0.0362. The summed E-state index contributed by atoms with van der Waals surface area (Å²) in [5.41, 5.74) is 0.759. The van der Waals surface area contributed by atoms with Crippen LogP contribution in [-0.2, 0) is 24.7 Å². The monoisotopic (exact) mass is 712 g/mol. The molecule has 4 atom stereocenters. The Morgan fingerprint density at radius 1 is 1.00 bits per heavy atom. The lowest BCUT2D eigenvalue weighted by Crippen LogP contribution is -2.67. The van der Waals surface area contributed by atoms with Crippen LogP contribution < -0.4 is 10.2 Å². The molecule has 4 aliphatic heterocycles. The molecule has 2 aromatic rings. The van der Waals surface area contributed by atoms with Crippen molar-refractivity contribution in [2.24, 2.45) is 11.8 Å². The van der Waals surface area contributed by atoms with E-state index in [0.29, 0.717) is 37.6 Å². The zero-order valence-corrected chi connectivity index (χ0v) is 30.1. The maximum absolute atomic E-state index is 15.0. The topological polar surface area (TPSA) is 112 Å². The predicted octanol–water partition coefficient (Wildman–Crippen LogP) is 4.21. The van der Waals surface area contributed by atoms with Crippen LogP contribution >= 0.6 is 0 Å². The van der Waals surface area contributed by atoms with E-state index in [9.17, 15) is 22.7 Å². The van der Waals surface area contributed by atoms with Crippen LogP contribution in [0, 0.1) is 17.7 Å². The lowest BCUT2D eigenvalue weighted by atomic mass is 9.57. The molecule has 0 radical (unpaired) electrons. The number of hydrogen-bond donors (Lipinski definition) is 2. The van der Waals surface area contributed by atoms with Crippen LogP contribution in [0.5, 0.6) is 0 Å². The summed E-state index contributed by atoms with van der Waals surface area (Å²) in [6.45, 7) is 7.00. The Labute approximate surface area is 296 Å². The Balaban J connectivity index is 1.02. The first-order chi connectivity index (χ1) is 24.1. The molecular weight excluding hydrogens is 660 g/mol. The molecule has 0 aromatic heterocycles. The Bertz CT molecular complexity index is 1590. The average Bonchev–Trinajstić information content (AvgIpc) is 3.56. The van der Waals surface area contributed by atoms with Gasteiger partial charge in [0.05, 0.1) is 23.9 Å². The molecule has 2 aromatic carbocycles. The number of rotatable bonds is 11. The summed E-state index contributed by atoms with van der Waals surface area (Å²) in [5.74, 6) is 0.214. The smallest absolute Gasteiger partial charge is 0.407 e. The van der Waals surface area contributed by atoms with Crippen molar-refractivity contribution in [1.29, 1.82) is 0 Å². The van der Waals surface area contributed by atoms with E-state index in [0.717, 1.165) is 82.5 Å². The number of anilines is 1. The van der Waals surface area contributed by atoms with Crippen LogP contribution in [0.15, 0.2) is 53.4 Å². The molecule has 2 N–H and O–H groups in total. The standard InChI is InChI=1S/C38H53FN4O6S/c1-48-36(44)40-35-10-3-9-34(35)38(27-41-17-5-18-41,29-6-2-7-30(39)22-29)28-15-19-42(20-16-28)24-37(45)25-43(26-37)31-11-13-32(14-12-31)50(46,47)33-8-4-21-49-23-33/h2,6-7,11-14,22,28,33-35,45H,3-5,8-10,15-21,23-27H2,1H3,(H,40,44)/t33?,34-,35-,38-/m0/s1. The number of sulfone groups is 1. The van der Waals surface area contributed by atoms with Crippen LogP contribution in [0.2, 0.25) is 0 Å². The number of nitrogens with one attached hydrogen (secondary N) is 1. The van der Waals surface area contributed by atoms with E-state index < -0.39 is 26.8 Å². The van der Waals surface area contributed by atoms with E-state index in [4.69, 9.17) is 9.47 Å². The maximum atomic E-state index is 15.0. The highest BCUT2D eigenvalue weighted by molar-refractivity contribution is 7.92. The molecule has 50 heavy (non-hydrogen) atoms. The molecule has 10 nitrogen and oxygen atoms in total. The molecule has 12 heteroatoms. The summed E-state index contributed by atoms with van der Waals surface area (Å²) in [4.78, 5) is 19.8. The third-order valence-electron chi connectivity index (χ3n) is 12.4. The molecular formula is C38H53FN4O6S. The zero-order chi connectivity index (χ0) is 34.9. The summed E-state index contributed by atoms with van der Waals surface area (Å²) in [5, 5.41) is 14.2. The number of alkyl carbamates (subject to hydrolysis) is 1. The minimum Gasteiger partial charge on any atom is -0.453 e. The number of hydrogen-bond acceptors (Lipinski definition) is 9. The molecule has 5 aliphatic rings. The van der Waals surface area contributed by atoms with Crippen molar-refractivity contribution in [3.05, 3.63) is 59.9 Å². The molecule has 5 fully saturated rings. The van der Waals surface area contributed by atoms with E-state index in [1.54, 1.807) is 18.2 Å². The van der Waals surface area contributed by atoms with E-state index in [2.05, 4.69) is 26.1 Å². The second kappa shape index (κ2) is 14.7. The van der Waals surface area contributed by atoms with Gasteiger partial charge in [0.2, 0.25) is 0 Å². The SMILES string of the molecule is COC(=O)N[C@H]1CCC[C@@H]1[C@](CN1CCC1)(c1cccc(F)c1)C1CCN(CC2(O)CN(c3ccc(S(=O)(=O)C4CCCOC4)cc3)C2)CC1. The zero-order valence-electron chi connectivity index (χ0n) is 29.3. The molecule has 0 spiro atoms. The Morgan fingerprint density at radius 3 is 2.40 bits per heavy atom. The number of amides is 1. The first-order valence-electron chi connectivity index (χ1n) is 18.5. The number of piperidine rings is 1. The third kappa shape index (κ3) is 7.15. The number of halogens is 1. The number of aliphatic hydroxyl groups is 1. The van der Waals surface area contributed by atoms with Crippen LogP contribution in [0.3, 0.4) is 0 Å². The number of β-amino-alcohol motifs (C(OH)–C–C–N with tert-alkyl or cyclic N) is 1. The second-order valence-corrected chi connectivity index (χ2v) is 17.7. The Morgan fingerprint density at radius 2 is 1.76 bits per heavy atom. The van der Waals surface area contributed by atoms with Gasteiger partial charge in [0, 0.05) is 49.9 Å². The van der Waals surface area contributed by atoms with Gasteiger partial charge in [0.15, 0.2) is 9.84 Å². The number of methoxy groups -OCH3 is 1. The van der Waals surface area contributed by atoms with Crippen molar-refractivity contribution >= 4 is 21.6 Å². The summed E-state index contributed by atoms with van der Waals surface area (Å²) >= 11 is 0. The Kier molecular flexibility index (Phi) is 10.5. The van der Waals surface area contributed by atoms with Crippen LogP contribution in [-0.4, -0.2) is 119 Å². The molecule has 274 valence electrons. The van der Waals surface area contributed by atoms with Gasteiger partial charge in [-0.1, -0.05) is 18.6 Å². The van der Waals surface area contributed by atoms with Gasteiger partial charge in [-0.2, -0.15) is 0 Å². The number of ether oxygens (including phenoxy) is 2. The molecule has 1 aliphatic carbocycles. The predicted molar refractivity (Wildman–Crippen MR) is 190 cm³/mol. The molecule has 1 saturated carbocycles. The average molecular weight is 713 g/mol. The van der Waals surface area contributed by atoms with Crippen molar-refractivity contribution in [2.75, 3.05) is 77.6 Å². The van der Waals surface area contributed by atoms with Crippen molar-refractivity contribution in [3.63, 3.8) is 0 Å². The normalized spacial score (nSPS) is 27.6. The summed E-state index contributed by atoms with van der Waals surface area (Å²) in [7, 11) is -2.03. The maximum Gasteiger partial charge on any atom is 0.407 e. The summed E-state index contributed by atoms with van der Waals surface area (Å²) in [6, 6.07) is 14.2. The summed E-state index contributed by atoms with van der Waals surface area (Å²) in [6.07, 6.45) is 6.85. The minimum absolute atomic E-state index is 0.0397. The van der Waals surface area contributed by atoms with Crippen molar-refractivity contribution < 1.29 is 32.2 Å². The highest BCUT2D eigenvalue weighted by Gasteiger charge is 2.53. The largest absolute Gasteiger partial charge is 0.453 e. The van der Waals surface area contributed by atoms with Gasteiger partial charge in [0.1, 0.15) is 11.4 Å². The first kappa shape index (κ1) is 35.6. The molecule has 0 bridgehead atoms. The van der Waals surface area contributed by atoms with Gasteiger partial charge in [-0.3, -0.25) is 0 Å². The Hall–Kier alpha value is -2.77. The second-order valence-electron chi connectivity index (χ2n) is 15.5. The third-order valence-corrected chi connectivity index (χ3v) is 14.5. The fourth-order valence-electron chi connectivity index (χ4n) is 9.70.